The number of amides is 3. The molecule has 1 aromatic heterocycles. The zero-order valence-corrected chi connectivity index (χ0v) is 20.7. The minimum atomic E-state index is -1.12. The average molecular weight is 497 g/mol. The zero-order valence-electron chi connectivity index (χ0n) is 19.9. The number of nitrogens with one attached hydrogen (secondary N) is 5. The second kappa shape index (κ2) is 14.0. The zero-order chi connectivity index (χ0) is 25.1. The van der Waals surface area contributed by atoms with Gasteiger partial charge in [-0.2, -0.15) is 11.8 Å². The highest BCUT2D eigenvalue weighted by Crippen LogP contribution is 2.11. The number of imidazole rings is 1. The summed E-state index contributed by atoms with van der Waals surface area (Å²) in [6.07, 6.45) is 7.58. The van der Waals surface area contributed by atoms with Gasteiger partial charge in [0.25, 0.3) is 0 Å². The number of thioether (sulfide) groups is 1. The fraction of sp³-hybridized carbons (Fsp3) is 0.682. The van der Waals surface area contributed by atoms with Gasteiger partial charge >= 0.3 is 5.97 Å². The fourth-order valence-electron chi connectivity index (χ4n) is 3.72. The number of carbonyl (C=O) groups is 4. The van der Waals surface area contributed by atoms with Crippen LogP contribution in [-0.4, -0.2) is 81.5 Å². The van der Waals surface area contributed by atoms with E-state index < -0.39 is 35.9 Å². The lowest BCUT2D eigenvalue weighted by Crippen LogP contribution is -2.58. The number of hydrogen-bond donors (Lipinski definition) is 6. The molecule has 2 rings (SSSR count). The van der Waals surface area contributed by atoms with Crippen molar-refractivity contribution < 1.29 is 24.3 Å². The molecule has 0 bridgehead atoms. The predicted octanol–water partition coefficient (Wildman–Crippen LogP) is 0.0424. The number of aromatic amines is 1. The molecule has 0 aliphatic carbocycles. The molecule has 0 radical (unpaired) electrons. The van der Waals surface area contributed by atoms with E-state index in [1.54, 1.807) is 13.1 Å². The number of hydrogen-bond acceptors (Lipinski definition) is 7. The van der Waals surface area contributed by atoms with Gasteiger partial charge in [0.15, 0.2) is 0 Å². The highest BCUT2D eigenvalue weighted by Gasteiger charge is 2.32. The monoisotopic (exact) mass is 496 g/mol. The molecule has 11 nitrogen and oxygen atoms in total. The Morgan fingerprint density at radius 2 is 1.94 bits per heavy atom. The van der Waals surface area contributed by atoms with Crippen LogP contribution >= 0.6 is 11.8 Å². The van der Waals surface area contributed by atoms with Crippen LogP contribution in [0.3, 0.4) is 0 Å². The van der Waals surface area contributed by atoms with Gasteiger partial charge in [0, 0.05) is 18.3 Å². The third kappa shape index (κ3) is 8.32. The van der Waals surface area contributed by atoms with Gasteiger partial charge in [0.1, 0.15) is 18.1 Å². The second-order valence-corrected chi connectivity index (χ2v) is 9.53. The predicted molar refractivity (Wildman–Crippen MR) is 129 cm³/mol. The van der Waals surface area contributed by atoms with Crippen LogP contribution in [0.1, 0.15) is 45.2 Å². The van der Waals surface area contributed by atoms with Crippen LogP contribution in [0, 0.1) is 5.92 Å². The van der Waals surface area contributed by atoms with Gasteiger partial charge in [-0.15, -0.1) is 0 Å². The van der Waals surface area contributed by atoms with E-state index >= 15 is 0 Å². The van der Waals surface area contributed by atoms with Crippen molar-refractivity contribution in [3.63, 3.8) is 0 Å². The van der Waals surface area contributed by atoms with Crippen molar-refractivity contribution in [1.29, 1.82) is 0 Å². The summed E-state index contributed by atoms with van der Waals surface area (Å²) in [7, 11) is 0. The third-order valence-electron chi connectivity index (χ3n) is 6.01. The van der Waals surface area contributed by atoms with Gasteiger partial charge in [-0.1, -0.05) is 20.3 Å². The molecule has 1 aromatic rings. The minimum Gasteiger partial charge on any atom is -0.480 e. The van der Waals surface area contributed by atoms with Crippen LogP contribution in [0.15, 0.2) is 12.5 Å². The molecule has 12 heteroatoms. The maximum absolute atomic E-state index is 13.2. The number of carbonyl (C=O) groups excluding carboxylic acids is 3. The SMILES string of the molecule is CCC(C)C(NC(=O)C(CCSC)NC(=O)C(Cc1cnc[nH]1)NC(=O)C1CCCN1)C(=O)O. The normalized spacial score (nSPS) is 19.0. The number of aromatic nitrogens is 2. The van der Waals surface area contributed by atoms with Crippen LogP contribution in [0.2, 0.25) is 0 Å². The Labute approximate surface area is 204 Å². The summed E-state index contributed by atoms with van der Waals surface area (Å²) in [4.78, 5) is 57.4. The Morgan fingerprint density at radius 3 is 2.50 bits per heavy atom. The minimum absolute atomic E-state index is 0.172. The molecule has 1 aliphatic heterocycles. The highest BCUT2D eigenvalue weighted by atomic mass is 32.2. The Morgan fingerprint density at radius 1 is 1.21 bits per heavy atom. The van der Waals surface area contributed by atoms with E-state index in [9.17, 15) is 24.3 Å². The van der Waals surface area contributed by atoms with E-state index in [2.05, 4.69) is 31.2 Å². The second-order valence-electron chi connectivity index (χ2n) is 8.54. The summed E-state index contributed by atoms with van der Waals surface area (Å²) in [6.45, 7) is 4.34. The highest BCUT2D eigenvalue weighted by molar-refractivity contribution is 7.98. The van der Waals surface area contributed by atoms with E-state index in [1.165, 1.54) is 18.1 Å². The number of rotatable bonds is 14. The van der Waals surface area contributed by atoms with Crippen LogP contribution in [0.4, 0.5) is 0 Å². The molecule has 3 amide bonds. The molecule has 2 heterocycles. The van der Waals surface area contributed by atoms with Crippen molar-refractivity contribution in [2.24, 2.45) is 5.92 Å². The molecular weight excluding hydrogens is 460 g/mol. The third-order valence-corrected chi connectivity index (χ3v) is 6.65. The van der Waals surface area contributed by atoms with E-state index in [-0.39, 0.29) is 24.3 Å². The summed E-state index contributed by atoms with van der Waals surface area (Å²) >= 11 is 1.51. The number of carboxylic acids is 1. The van der Waals surface area contributed by atoms with E-state index in [4.69, 9.17) is 0 Å². The molecular formula is C22H36N6O5S. The Hall–Kier alpha value is -2.60. The lowest BCUT2D eigenvalue weighted by Gasteiger charge is -2.26. The standard InChI is InChI=1S/C22H36N6O5S/c1-4-13(2)18(22(32)33)28-20(30)16(7-9-34-3)26-21(31)17(10-14-11-23-12-25-14)27-19(29)15-6-5-8-24-15/h11-13,15-18,24H,4-10H2,1-3H3,(H,23,25)(H,26,31)(H,27,29)(H,28,30)(H,32,33). The molecule has 34 heavy (non-hydrogen) atoms. The first-order valence-corrected chi connectivity index (χ1v) is 13.0. The van der Waals surface area contributed by atoms with Crippen LogP contribution in [0.5, 0.6) is 0 Å². The van der Waals surface area contributed by atoms with Gasteiger partial charge < -0.3 is 31.4 Å². The molecule has 0 aromatic carbocycles. The van der Waals surface area contributed by atoms with Crippen LogP contribution < -0.4 is 21.3 Å². The summed E-state index contributed by atoms with van der Waals surface area (Å²) in [5.74, 6) is -2.15. The molecule has 1 aliphatic rings. The number of aliphatic carboxylic acids is 1. The molecule has 5 atom stereocenters. The maximum atomic E-state index is 13.2. The Balaban J connectivity index is 2.14. The maximum Gasteiger partial charge on any atom is 0.326 e. The lowest BCUT2D eigenvalue weighted by atomic mass is 9.98. The topological polar surface area (TPSA) is 165 Å². The molecule has 1 saturated heterocycles. The number of carboxylic acid groups (broad SMARTS) is 1. The van der Waals surface area contributed by atoms with E-state index in [0.717, 1.165) is 13.0 Å². The Bertz CT molecular complexity index is 815. The molecule has 0 saturated carbocycles. The van der Waals surface area contributed by atoms with Gasteiger partial charge in [0.05, 0.1) is 12.4 Å². The first-order chi connectivity index (χ1) is 16.3. The number of H-pyrrole nitrogens is 1. The van der Waals surface area contributed by atoms with Gasteiger partial charge in [-0.3, -0.25) is 14.4 Å². The van der Waals surface area contributed by atoms with Crippen molar-refractivity contribution >= 4 is 35.5 Å². The average Bonchev–Trinajstić information content (AvgIpc) is 3.53. The van der Waals surface area contributed by atoms with E-state index in [0.29, 0.717) is 30.7 Å². The van der Waals surface area contributed by atoms with Crippen molar-refractivity contribution in [3.8, 4) is 0 Å². The Kier molecular flexibility index (Phi) is 11.3. The molecule has 190 valence electrons. The number of nitrogens with zero attached hydrogens (tertiary/aromatic N) is 1. The van der Waals surface area contributed by atoms with Crippen molar-refractivity contribution in [3.05, 3.63) is 18.2 Å². The lowest BCUT2D eigenvalue weighted by molar-refractivity contribution is -0.143. The van der Waals surface area contributed by atoms with Gasteiger partial charge in [-0.05, 0) is 43.7 Å². The quantitative estimate of drug-likeness (QED) is 0.210. The van der Waals surface area contributed by atoms with Crippen LogP contribution in [-0.2, 0) is 25.6 Å². The van der Waals surface area contributed by atoms with Gasteiger partial charge in [-0.25, -0.2) is 9.78 Å². The summed E-state index contributed by atoms with van der Waals surface area (Å²) < 4.78 is 0. The van der Waals surface area contributed by atoms with E-state index in [1.807, 2.05) is 13.2 Å². The van der Waals surface area contributed by atoms with Crippen molar-refractivity contribution in [1.82, 2.24) is 31.2 Å². The van der Waals surface area contributed by atoms with Crippen molar-refractivity contribution in [2.45, 2.75) is 70.1 Å². The van der Waals surface area contributed by atoms with Crippen LogP contribution in [0.25, 0.3) is 0 Å². The first-order valence-electron chi connectivity index (χ1n) is 11.6. The summed E-state index contributed by atoms with van der Waals surface area (Å²) in [5, 5.41) is 20.7. The molecule has 5 unspecified atom stereocenters. The molecule has 1 fully saturated rings. The van der Waals surface area contributed by atoms with Gasteiger partial charge in [0.2, 0.25) is 17.7 Å². The summed E-state index contributed by atoms with van der Waals surface area (Å²) in [5.41, 5.74) is 0.660. The molecule has 6 N–H and O–H groups in total. The summed E-state index contributed by atoms with van der Waals surface area (Å²) in [6, 6.07) is -3.28. The van der Waals surface area contributed by atoms with Crippen molar-refractivity contribution in [2.75, 3.05) is 18.6 Å². The smallest absolute Gasteiger partial charge is 0.326 e. The largest absolute Gasteiger partial charge is 0.480 e. The fourth-order valence-corrected chi connectivity index (χ4v) is 4.19. The first kappa shape index (κ1) is 27.6. The molecule has 0 spiro atoms.